The number of nitrogens with zero attached hydrogens (tertiary/aromatic N) is 3. The van der Waals surface area contributed by atoms with E-state index in [0.29, 0.717) is 32.1 Å². The molecule has 0 aliphatic carbocycles. The van der Waals surface area contributed by atoms with Gasteiger partial charge in [0.05, 0.1) is 12.6 Å². The zero-order valence-electron chi connectivity index (χ0n) is 14.9. The number of pyridine rings is 1. The van der Waals surface area contributed by atoms with Crippen LogP contribution in [0.15, 0.2) is 35.2 Å². The van der Waals surface area contributed by atoms with Crippen molar-refractivity contribution in [1.82, 2.24) is 25.9 Å². The van der Waals surface area contributed by atoms with Gasteiger partial charge in [0.25, 0.3) is 0 Å². The molecule has 1 atom stereocenters. The largest absolute Gasteiger partial charge is 0.382 e. The van der Waals surface area contributed by atoms with Crippen molar-refractivity contribution in [3.8, 4) is 0 Å². The molecule has 1 aliphatic heterocycles. The van der Waals surface area contributed by atoms with E-state index in [1.165, 1.54) is 11.3 Å². The Morgan fingerprint density at radius 3 is 3.19 bits per heavy atom. The third-order valence-corrected chi connectivity index (χ3v) is 4.50. The summed E-state index contributed by atoms with van der Waals surface area (Å²) in [5, 5.41) is 13.0. The van der Waals surface area contributed by atoms with E-state index in [1.54, 1.807) is 13.3 Å². The van der Waals surface area contributed by atoms with Crippen LogP contribution >= 0.6 is 11.3 Å². The molecule has 27 heavy (non-hydrogen) atoms. The fourth-order valence-corrected chi connectivity index (χ4v) is 3.29. The number of methoxy groups -OCH3 is 1. The number of nitrogens with one attached hydrogen (secondary N) is 4. The number of aromatic nitrogens is 2. The Balaban J connectivity index is 1.64. The Hall–Kier alpha value is -2.92. The molecular weight excluding hydrogens is 368 g/mol. The maximum Gasteiger partial charge on any atom is 0.312 e. The van der Waals surface area contributed by atoms with E-state index in [1.807, 2.05) is 18.2 Å². The first-order chi connectivity index (χ1) is 13.1. The molecule has 2 aromatic rings. The number of nitrogens with two attached hydrogens (primary N) is 1. The van der Waals surface area contributed by atoms with Crippen LogP contribution in [0.1, 0.15) is 6.42 Å². The van der Waals surface area contributed by atoms with Gasteiger partial charge in [0.15, 0.2) is 11.1 Å². The molecule has 0 aromatic carbocycles. The Bertz CT molecular complexity index is 817. The fourth-order valence-electron chi connectivity index (χ4n) is 2.47. The molecule has 144 valence electrons. The first-order valence-corrected chi connectivity index (χ1v) is 9.26. The summed E-state index contributed by atoms with van der Waals surface area (Å²) in [6, 6.07) is 3.22. The number of ether oxygens (including phenoxy) is 1. The van der Waals surface area contributed by atoms with E-state index in [4.69, 9.17) is 10.5 Å². The van der Waals surface area contributed by atoms with Gasteiger partial charge in [-0.1, -0.05) is 11.3 Å². The number of fused-ring (bicyclic) bond motifs is 1. The first-order valence-electron chi connectivity index (χ1n) is 8.44. The Kier molecular flexibility index (Phi) is 6.39. The SMILES string of the molecule is COCC1C=C(Nc2nc3cccnc3s2)NC(=NCCCNC(N)=O)N1. The van der Waals surface area contributed by atoms with Crippen molar-refractivity contribution < 1.29 is 9.53 Å². The van der Waals surface area contributed by atoms with Crippen LogP contribution < -0.4 is 27.0 Å². The van der Waals surface area contributed by atoms with Crippen molar-refractivity contribution >= 4 is 38.8 Å². The van der Waals surface area contributed by atoms with Crippen LogP contribution in [0.5, 0.6) is 0 Å². The molecule has 0 fully saturated rings. The number of thiazole rings is 1. The van der Waals surface area contributed by atoms with Gasteiger partial charge in [-0.15, -0.1) is 0 Å². The lowest BCUT2D eigenvalue weighted by Gasteiger charge is -2.26. The summed E-state index contributed by atoms with van der Waals surface area (Å²) in [6.45, 7) is 1.51. The van der Waals surface area contributed by atoms with Crippen molar-refractivity contribution in [3.05, 3.63) is 30.2 Å². The lowest BCUT2D eigenvalue weighted by Crippen LogP contribution is -2.50. The number of amides is 2. The van der Waals surface area contributed by atoms with Crippen LogP contribution in [0.3, 0.4) is 0 Å². The van der Waals surface area contributed by atoms with Gasteiger partial charge >= 0.3 is 6.03 Å². The maximum absolute atomic E-state index is 10.7. The second kappa shape index (κ2) is 9.14. The lowest BCUT2D eigenvalue weighted by atomic mass is 10.2. The standard InChI is InChI=1S/C16H22N8O2S/c1-26-9-10-8-12(23-15(21-10)20-7-3-6-19-14(17)25)24-16-22-11-4-2-5-18-13(11)27-16/h2,4-5,8,10H,3,6-7,9H2,1H3,(H,22,24)(H3,17,19,25)(H2,20,21,23). The average Bonchev–Trinajstić information content (AvgIpc) is 3.03. The van der Waals surface area contributed by atoms with Crippen molar-refractivity contribution in [1.29, 1.82) is 0 Å². The second-order valence-electron chi connectivity index (χ2n) is 5.76. The van der Waals surface area contributed by atoms with Gasteiger partial charge < -0.3 is 31.7 Å². The number of aliphatic imine (C=N–C) groups is 1. The van der Waals surface area contributed by atoms with E-state index in [2.05, 4.69) is 36.2 Å². The minimum Gasteiger partial charge on any atom is -0.382 e. The van der Waals surface area contributed by atoms with Gasteiger partial charge in [-0.25, -0.2) is 14.8 Å². The summed E-state index contributed by atoms with van der Waals surface area (Å²) in [6.07, 6.45) is 4.41. The number of primary amides is 1. The summed E-state index contributed by atoms with van der Waals surface area (Å²) < 4.78 is 5.24. The van der Waals surface area contributed by atoms with Crippen LogP contribution in [-0.2, 0) is 4.74 Å². The van der Waals surface area contributed by atoms with E-state index in [9.17, 15) is 4.79 Å². The summed E-state index contributed by atoms with van der Waals surface area (Å²) >= 11 is 1.48. The number of guanidine groups is 1. The monoisotopic (exact) mass is 390 g/mol. The zero-order chi connectivity index (χ0) is 19.1. The molecule has 10 nitrogen and oxygen atoms in total. The molecule has 2 amide bonds. The normalized spacial score (nSPS) is 17.9. The highest BCUT2D eigenvalue weighted by atomic mass is 32.1. The number of anilines is 1. The van der Waals surface area contributed by atoms with Gasteiger partial charge in [-0.3, -0.25) is 4.99 Å². The van der Waals surface area contributed by atoms with Gasteiger partial charge in [0.2, 0.25) is 0 Å². The topological polar surface area (TPSA) is 139 Å². The van der Waals surface area contributed by atoms with Crippen LogP contribution in [-0.4, -0.2) is 54.8 Å². The number of carbonyl (C=O) groups excluding carboxylic acids is 1. The summed E-state index contributed by atoms with van der Waals surface area (Å²) in [5.74, 6) is 1.39. The predicted octanol–water partition coefficient (Wildman–Crippen LogP) is 0.567. The van der Waals surface area contributed by atoms with Crippen molar-refractivity contribution in [2.24, 2.45) is 10.7 Å². The smallest absolute Gasteiger partial charge is 0.312 e. The Morgan fingerprint density at radius 2 is 2.41 bits per heavy atom. The molecule has 0 saturated heterocycles. The molecule has 0 bridgehead atoms. The summed E-state index contributed by atoms with van der Waals surface area (Å²) in [4.78, 5) is 24.9. The second-order valence-corrected chi connectivity index (χ2v) is 6.74. The summed E-state index contributed by atoms with van der Waals surface area (Å²) in [7, 11) is 1.65. The lowest BCUT2D eigenvalue weighted by molar-refractivity contribution is 0.185. The van der Waals surface area contributed by atoms with E-state index >= 15 is 0 Å². The number of rotatable bonds is 8. The zero-order valence-corrected chi connectivity index (χ0v) is 15.7. The average molecular weight is 390 g/mol. The van der Waals surface area contributed by atoms with Crippen molar-refractivity contribution in [2.45, 2.75) is 12.5 Å². The molecule has 11 heteroatoms. The quantitative estimate of drug-likeness (QED) is 0.415. The summed E-state index contributed by atoms with van der Waals surface area (Å²) in [5.41, 5.74) is 5.89. The number of carbonyl (C=O) groups is 1. The third kappa shape index (κ3) is 5.53. The van der Waals surface area contributed by atoms with Crippen LogP contribution in [0.2, 0.25) is 0 Å². The number of hydrogen-bond donors (Lipinski definition) is 5. The molecule has 3 rings (SSSR count). The highest BCUT2D eigenvalue weighted by molar-refractivity contribution is 7.21. The van der Waals surface area contributed by atoms with Crippen LogP contribution in [0, 0.1) is 0 Å². The van der Waals surface area contributed by atoms with Crippen molar-refractivity contribution in [3.63, 3.8) is 0 Å². The van der Waals surface area contributed by atoms with Gasteiger partial charge in [0.1, 0.15) is 16.2 Å². The Labute approximate surface area is 160 Å². The molecule has 3 heterocycles. The van der Waals surface area contributed by atoms with Gasteiger partial charge in [-0.05, 0) is 24.6 Å². The molecule has 1 unspecified atom stereocenters. The van der Waals surface area contributed by atoms with Crippen LogP contribution in [0.4, 0.5) is 9.93 Å². The molecule has 1 aliphatic rings. The molecule has 2 aromatic heterocycles. The maximum atomic E-state index is 10.7. The third-order valence-electron chi connectivity index (χ3n) is 3.60. The minimum absolute atomic E-state index is 0.0336. The van der Waals surface area contributed by atoms with Gasteiger partial charge in [0, 0.05) is 26.4 Å². The fraction of sp³-hybridized carbons (Fsp3) is 0.375. The molecule has 0 spiro atoms. The van der Waals surface area contributed by atoms with Gasteiger partial charge in [-0.2, -0.15) is 0 Å². The Morgan fingerprint density at radius 1 is 1.52 bits per heavy atom. The molecule has 0 saturated carbocycles. The van der Waals surface area contributed by atoms with E-state index < -0.39 is 6.03 Å². The molecule has 6 N–H and O–H groups in total. The van der Waals surface area contributed by atoms with Crippen molar-refractivity contribution in [2.75, 3.05) is 32.1 Å². The number of hydrogen-bond acceptors (Lipinski definition) is 7. The van der Waals surface area contributed by atoms with E-state index in [0.717, 1.165) is 21.3 Å². The minimum atomic E-state index is -0.531. The predicted molar refractivity (Wildman–Crippen MR) is 106 cm³/mol. The van der Waals surface area contributed by atoms with E-state index in [-0.39, 0.29) is 6.04 Å². The number of urea groups is 1. The first kappa shape index (κ1) is 18.9. The molecule has 0 radical (unpaired) electrons. The molecular formula is C16H22N8O2S. The highest BCUT2D eigenvalue weighted by Gasteiger charge is 2.18. The van der Waals surface area contributed by atoms with Crippen LogP contribution in [0.25, 0.3) is 10.3 Å². The highest BCUT2D eigenvalue weighted by Crippen LogP contribution is 2.24.